The Morgan fingerprint density at radius 1 is 1.52 bits per heavy atom. The second kappa shape index (κ2) is 6.45. The van der Waals surface area contributed by atoms with Crippen LogP contribution in [-0.2, 0) is 6.42 Å². The van der Waals surface area contributed by atoms with Crippen LogP contribution in [0.5, 0.6) is 0 Å². The van der Waals surface area contributed by atoms with E-state index in [0.717, 1.165) is 24.9 Å². The van der Waals surface area contributed by atoms with Crippen LogP contribution in [0.4, 0.5) is 0 Å². The summed E-state index contributed by atoms with van der Waals surface area (Å²) < 4.78 is 5.14. The zero-order valence-electron chi connectivity index (χ0n) is 11.6. The second-order valence-corrected chi connectivity index (χ2v) is 4.97. The van der Waals surface area contributed by atoms with Crippen molar-refractivity contribution in [1.82, 2.24) is 25.8 Å². The molecule has 1 saturated heterocycles. The maximum atomic E-state index is 11.9. The van der Waals surface area contributed by atoms with Gasteiger partial charge in [0.25, 0.3) is 11.7 Å². The van der Waals surface area contributed by atoms with Crippen LogP contribution in [0, 0.1) is 0 Å². The van der Waals surface area contributed by atoms with Crippen LogP contribution in [-0.4, -0.2) is 34.1 Å². The Morgan fingerprint density at radius 2 is 2.48 bits per heavy atom. The molecule has 0 aliphatic carbocycles. The average molecular weight is 287 g/mol. The van der Waals surface area contributed by atoms with Crippen molar-refractivity contribution >= 4 is 5.91 Å². The van der Waals surface area contributed by atoms with Gasteiger partial charge in [-0.25, -0.2) is 0 Å². The Hall–Kier alpha value is -2.28. The normalized spacial score (nSPS) is 17.8. The number of amides is 1. The monoisotopic (exact) mass is 287 g/mol. The minimum atomic E-state index is -0.313. The second-order valence-electron chi connectivity index (χ2n) is 4.97. The Kier molecular flexibility index (Phi) is 4.20. The minimum Gasteiger partial charge on any atom is -0.349 e. The highest BCUT2D eigenvalue weighted by Gasteiger charge is 2.24. The smallest absolute Gasteiger partial charge is 0.292 e. The summed E-state index contributed by atoms with van der Waals surface area (Å²) in [5.41, 5.74) is 1.07. The molecular weight excluding hydrogens is 270 g/mol. The molecule has 21 heavy (non-hydrogen) atoms. The lowest BCUT2D eigenvalue weighted by atomic mass is 10.2. The fourth-order valence-electron chi connectivity index (χ4n) is 2.31. The van der Waals surface area contributed by atoms with Crippen LogP contribution in [0.2, 0.25) is 0 Å². The summed E-state index contributed by atoms with van der Waals surface area (Å²) in [5, 5.41) is 9.77. The van der Waals surface area contributed by atoms with Gasteiger partial charge in [-0.2, -0.15) is 4.98 Å². The fraction of sp³-hybridized carbons (Fsp3) is 0.429. The fourth-order valence-corrected chi connectivity index (χ4v) is 2.31. The third-order valence-electron chi connectivity index (χ3n) is 3.43. The summed E-state index contributed by atoms with van der Waals surface area (Å²) in [6, 6.07) is 3.92. The topological polar surface area (TPSA) is 92.9 Å². The summed E-state index contributed by atoms with van der Waals surface area (Å²) in [6.07, 6.45) is 6.27. The molecule has 1 aliphatic rings. The number of carbonyl (C=O) groups is 1. The molecule has 1 fully saturated rings. The van der Waals surface area contributed by atoms with Gasteiger partial charge >= 0.3 is 0 Å². The van der Waals surface area contributed by atoms with Gasteiger partial charge in [0.05, 0.1) is 6.04 Å². The average Bonchev–Trinajstić information content (AvgIpc) is 3.19. The number of rotatable bonds is 5. The molecule has 1 atom stereocenters. The number of nitrogens with one attached hydrogen (secondary N) is 2. The lowest BCUT2D eigenvalue weighted by Crippen LogP contribution is -2.26. The number of carbonyl (C=O) groups excluding carboxylic acids is 1. The molecule has 0 bridgehead atoms. The van der Waals surface area contributed by atoms with Gasteiger partial charge in [-0.05, 0) is 37.4 Å². The van der Waals surface area contributed by atoms with Crippen LogP contribution >= 0.6 is 0 Å². The van der Waals surface area contributed by atoms with Crippen LogP contribution in [0.15, 0.2) is 29.0 Å². The van der Waals surface area contributed by atoms with Crippen LogP contribution in [0.25, 0.3) is 0 Å². The largest absolute Gasteiger partial charge is 0.349 e. The minimum absolute atomic E-state index is 0.0782. The van der Waals surface area contributed by atoms with Crippen molar-refractivity contribution in [1.29, 1.82) is 0 Å². The summed E-state index contributed by atoms with van der Waals surface area (Å²) >= 11 is 0. The summed E-state index contributed by atoms with van der Waals surface area (Å²) in [5.74, 6) is 0.265. The van der Waals surface area contributed by atoms with Gasteiger partial charge in [0.2, 0.25) is 5.89 Å². The first-order valence-corrected chi connectivity index (χ1v) is 7.07. The standard InChI is InChI=1S/C14H17N5O2/c20-13(17-8-5-10-3-1-6-15-9-10)12-18-14(21-19-12)11-4-2-7-16-11/h1,3,6,9,11,16H,2,4-5,7-8H2,(H,17,20). The zero-order chi connectivity index (χ0) is 14.5. The quantitative estimate of drug-likeness (QED) is 0.847. The molecule has 2 aromatic rings. The van der Waals surface area contributed by atoms with Crippen molar-refractivity contribution in [3.8, 4) is 0 Å². The Bertz CT molecular complexity index is 592. The molecule has 0 aromatic carbocycles. The Labute approximate surface area is 122 Å². The third kappa shape index (κ3) is 3.43. The summed E-state index contributed by atoms with van der Waals surface area (Å²) in [7, 11) is 0. The molecule has 0 radical (unpaired) electrons. The third-order valence-corrected chi connectivity index (χ3v) is 3.43. The number of hydrogen-bond acceptors (Lipinski definition) is 6. The van der Waals surface area contributed by atoms with Crippen LogP contribution < -0.4 is 10.6 Å². The van der Waals surface area contributed by atoms with Gasteiger partial charge in [0.1, 0.15) is 0 Å². The van der Waals surface area contributed by atoms with E-state index in [1.807, 2.05) is 12.1 Å². The zero-order valence-corrected chi connectivity index (χ0v) is 11.6. The van der Waals surface area contributed by atoms with Crippen molar-refractivity contribution < 1.29 is 9.32 Å². The van der Waals surface area contributed by atoms with Crippen molar-refractivity contribution in [2.45, 2.75) is 25.3 Å². The molecule has 3 heterocycles. The van der Waals surface area contributed by atoms with Gasteiger partial charge in [0, 0.05) is 18.9 Å². The molecular formula is C14H17N5O2. The van der Waals surface area contributed by atoms with Crippen molar-refractivity contribution in [3.05, 3.63) is 41.8 Å². The van der Waals surface area contributed by atoms with Crippen molar-refractivity contribution in [2.75, 3.05) is 13.1 Å². The van der Waals surface area contributed by atoms with E-state index >= 15 is 0 Å². The van der Waals surface area contributed by atoms with E-state index < -0.39 is 0 Å². The molecule has 1 amide bonds. The summed E-state index contributed by atoms with van der Waals surface area (Å²) in [6.45, 7) is 1.45. The molecule has 0 saturated carbocycles. The molecule has 2 N–H and O–H groups in total. The van der Waals surface area contributed by atoms with Crippen molar-refractivity contribution in [3.63, 3.8) is 0 Å². The van der Waals surface area contributed by atoms with E-state index in [1.165, 1.54) is 0 Å². The first-order valence-electron chi connectivity index (χ1n) is 7.07. The highest BCUT2D eigenvalue weighted by Crippen LogP contribution is 2.20. The maximum Gasteiger partial charge on any atom is 0.292 e. The van der Waals surface area contributed by atoms with E-state index in [-0.39, 0.29) is 17.8 Å². The predicted octanol–water partition coefficient (Wildman–Crippen LogP) is 0.862. The molecule has 110 valence electrons. The Morgan fingerprint density at radius 3 is 3.24 bits per heavy atom. The number of aromatic nitrogens is 3. The van der Waals surface area contributed by atoms with Gasteiger partial charge < -0.3 is 15.2 Å². The number of nitrogens with zero attached hydrogens (tertiary/aromatic N) is 3. The molecule has 1 aliphatic heterocycles. The molecule has 3 rings (SSSR count). The molecule has 7 heteroatoms. The maximum absolute atomic E-state index is 11.9. The number of pyridine rings is 1. The van der Waals surface area contributed by atoms with Crippen LogP contribution in [0.3, 0.4) is 0 Å². The van der Waals surface area contributed by atoms with Crippen LogP contribution in [0.1, 0.15) is 41.0 Å². The van der Waals surface area contributed by atoms with E-state index in [4.69, 9.17) is 4.52 Å². The number of hydrogen-bond donors (Lipinski definition) is 2. The predicted molar refractivity (Wildman–Crippen MR) is 74.5 cm³/mol. The molecule has 2 aromatic heterocycles. The van der Waals surface area contributed by atoms with E-state index in [0.29, 0.717) is 18.9 Å². The first-order chi connectivity index (χ1) is 10.3. The van der Waals surface area contributed by atoms with E-state index in [2.05, 4.69) is 25.8 Å². The Balaban J connectivity index is 1.51. The highest BCUT2D eigenvalue weighted by atomic mass is 16.5. The SMILES string of the molecule is O=C(NCCc1cccnc1)c1noc(C2CCCN2)n1. The first kappa shape index (κ1) is 13.7. The summed E-state index contributed by atoms with van der Waals surface area (Å²) in [4.78, 5) is 20.1. The van der Waals surface area contributed by atoms with E-state index in [9.17, 15) is 4.79 Å². The highest BCUT2D eigenvalue weighted by molar-refractivity contribution is 5.90. The van der Waals surface area contributed by atoms with Gasteiger partial charge in [-0.3, -0.25) is 9.78 Å². The lowest BCUT2D eigenvalue weighted by molar-refractivity contribution is 0.0940. The van der Waals surface area contributed by atoms with Crippen molar-refractivity contribution in [2.24, 2.45) is 0 Å². The van der Waals surface area contributed by atoms with Gasteiger partial charge in [0.15, 0.2) is 0 Å². The van der Waals surface area contributed by atoms with Gasteiger partial charge in [-0.1, -0.05) is 11.2 Å². The van der Waals surface area contributed by atoms with Gasteiger partial charge in [-0.15, -0.1) is 0 Å². The van der Waals surface area contributed by atoms with E-state index in [1.54, 1.807) is 12.4 Å². The lowest BCUT2D eigenvalue weighted by Gasteiger charge is -2.02. The molecule has 0 spiro atoms. The molecule has 1 unspecified atom stereocenters. The molecule has 7 nitrogen and oxygen atoms in total.